The van der Waals surface area contributed by atoms with Crippen LogP contribution in [-0.2, 0) is 14.8 Å². The summed E-state index contributed by atoms with van der Waals surface area (Å²) in [5.74, 6) is -0.773. The maximum Gasteiger partial charge on any atom is 0.247 e. The lowest BCUT2D eigenvalue weighted by Crippen LogP contribution is -2.48. The van der Waals surface area contributed by atoms with E-state index >= 15 is 0 Å². The number of fused-ring (bicyclic) bond motifs is 1. The van der Waals surface area contributed by atoms with Crippen molar-refractivity contribution < 1.29 is 17.6 Å². The molecular formula is C24H29FN4O3S2. The number of halogens is 1. The van der Waals surface area contributed by atoms with Gasteiger partial charge in [-0.2, -0.15) is 4.31 Å². The van der Waals surface area contributed by atoms with Gasteiger partial charge in [0.15, 0.2) is 5.13 Å². The summed E-state index contributed by atoms with van der Waals surface area (Å²) in [6.07, 6.45) is 1.75. The third-order valence-electron chi connectivity index (χ3n) is 6.00. The smallest absolute Gasteiger partial charge is 0.247 e. The van der Waals surface area contributed by atoms with Crippen molar-refractivity contribution in [3.8, 4) is 0 Å². The van der Waals surface area contributed by atoms with E-state index < -0.39 is 21.9 Å². The van der Waals surface area contributed by atoms with E-state index in [9.17, 15) is 17.6 Å². The van der Waals surface area contributed by atoms with Gasteiger partial charge in [-0.25, -0.2) is 17.8 Å². The van der Waals surface area contributed by atoms with E-state index in [0.29, 0.717) is 24.5 Å². The molecule has 7 nitrogen and oxygen atoms in total. The quantitative estimate of drug-likeness (QED) is 0.466. The molecule has 1 atom stereocenters. The number of para-hydroxylation sites is 1. The Morgan fingerprint density at radius 1 is 1.18 bits per heavy atom. The molecule has 4 rings (SSSR count). The van der Waals surface area contributed by atoms with Crippen molar-refractivity contribution in [1.29, 1.82) is 0 Å². The Bertz CT molecular complexity index is 1280. The van der Waals surface area contributed by atoms with Gasteiger partial charge >= 0.3 is 0 Å². The number of benzene rings is 2. The summed E-state index contributed by atoms with van der Waals surface area (Å²) in [6.45, 7) is 3.46. The van der Waals surface area contributed by atoms with Crippen molar-refractivity contribution in [1.82, 2.24) is 14.2 Å². The number of hydrogen-bond donors (Lipinski definition) is 0. The lowest BCUT2D eigenvalue weighted by Gasteiger charge is -2.29. The second-order valence-corrected chi connectivity index (χ2v) is 11.7. The number of carbonyl (C=O) groups excluding carboxylic acids is 1. The number of aromatic nitrogens is 1. The van der Waals surface area contributed by atoms with Crippen LogP contribution in [0.25, 0.3) is 10.2 Å². The first-order valence-corrected chi connectivity index (χ1v) is 13.5. The van der Waals surface area contributed by atoms with Crippen molar-refractivity contribution in [2.24, 2.45) is 0 Å². The standard InChI is InChI=1S/C24H29FN4O3S2/c1-17-7-4-9-21-22(17)26-24(33-21)28(15-6-14-27(2)3)23(30)20-8-5-16-29(20)34(31,32)19-12-10-18(25)11-13-19/h4,7,9-13,20H,5-6,8,14-16H2,1-3H3. The third kappa shape index (κ3) is 5.00. The van der Waals surface area contributed by atoms with E-state index in [1.807, 2.05) is 44.1 Å². The number of sulfonamides is 1. The minimum Gasteiger partial charge on any atom is -0.309 e. The van der Waals surface area contributed by atoms with Gasteiger partial charge < -0.3 is 4.90 Å². The predicted molar refractivity (Wildman–Crippen MR) is 133 cm³/mol. The van der Waals surface area contributed by atoms with Crippen molar-refractivity contribution in [2.45, 2.75) is 37.1 Å². The van der Waals surface area contributed by atoms with Gasteiger partial charge in [0.1, 0.15) is 11.9 Å². The lowest BCUT2D eigenvalue weighted by molar-refractivity contribution is -0.121. The van der Waals surface area contributed by atoms with Gasteiger partial charge in [0.25, 0.3) is 0 Å². The number of carbonyl (C=O) groups is 1. The molecule has 0 spiro atoms. The molecule has 1 amide bonds. The molecule has 0 radical (unpaired) electrons. The number of nitrogens with zero attached hydrogens (tertiary/aromatic N) is 4. The molecule has 0 saturated carbocycles. The van der Waals surface area contributed by atoms with E-state index in [-0.39, 0.29) is 17.3 Å². The Balaban J connectivity index is 1.66. The zero-order valence-corrected chi connectivity index (χ0v) is 21.2. The Kier molecular flexibility index (Phi) is 7.32. The minimum absolute atomic E-state index is 0.0108. The van der Waals surface area contributed by atoms with Gasteiger partial charge in [0.05, 0.1) is 15.1 Å². The summed E-state index contributed by atoms with van der Waals surface area (Å²) in [4.78, 5) is 22.3. The van der Waals surface area contributed by atoms with Crippen LogP contribution in [-0.4, -0.2) is 68.3 Å². The van der Waals surface area contributed by atoms with Crippen LogP contribution in [0.15, 0.2) is 47.4 Å². The summed E-state index contributed by atoms with van der Waals surface area (Å²) in [6, 6.07) is 9.85. The molecule has 0 bridgehead atoms. The summed E-state index contributed by atoms with van der Waals surface area (Å²) in [5, 5.41) is 0.582. The molecule has 1 fully saturated rings. The second kappa shape index (κ2) is 10.1. The Labute approximate surface area is 203 Å². The van der Waals surface area contributed by atoms with E-state index in [1.54, 1.807) is 4.90 Å². The van der Waals surface area contributed by atoms with Crippen LogP contribution in [0.2, 0.25) is 0 Å². The van der Waals surface area contributed by atoms with Crippen molar-refractivity contribution in [3.63, 3.8) is 0 Å². The fraction of sp³-hybridized carbons (Fsp3) is 0.417. The summed E-state index contributed by atoms with van der Waals surface area (Å²) >= 11 is 1.44. The maximum atomic E-state index is 13.8. The highest BCUT2D eigenvalue weighted by Gasteiger charge is 2.42. The number of anilines is 1. The third-order valence-corrected chi connectivity index (χ3v) is 8.97. The highest BCUT2D eigenvalue weighted by Crippen LogP contribution is 2.33. The molecule has 10 heteroatoms. The van der Waals surface area contributed by atoms with Crippen molar-refractivity contribution in [2.75, 3.05) is 38.6 Å². The molecule has 1 aliphatic rings. The fourth-order valence-corrected chi connectivity index (χ4v) is 6.96. The van der Waals surface area contributed by atoms with Gasteiger partial charge in [-0.15, -0.1) is 0 Å². The van der Waals surface area contributed by atoms with Gasteiger partial charge in [-0.1, -0.05) is 23.5 Å². The monoisotopic (exact) mass is 504 g/mol. The summed E-state index contributed by atoms with van der Waals surface area (Å²) < 4.78 is 42.3. The summed E-state index contributed by atoms with van der Waals surface area (Å²) in [7, 11) is 0.0101. The molecule has 1 unspecified atom stereocenters. The molecule has 34 heavy (non-hydrogen) atoms. The average molecular weight is 505 g/mol. The van der Waals surface area contributed by atoms with Gasteiger partial charge in [0, 0.05) is 13.1 Å². The number of amides is 1. The highest BCUT2D eigenvalue weighted by atomic mass is 32.2. The predicted octanol–water partition coefficient (Wildman–Crippen LogP) is 3.88. The Morgan fingerprint density at radius 3 is 2.59 bits per heavy atom. The van der Waals surface area contributed by atoms with E-state index in [2.05, 4.69) is 0 Å². The molecular weight excluding hydrogens is 475 g/mol. The van der Waals surface area contributed by atoms with Gasteiger partial charge in [0.2, 0.25) is 15.9 Å². The minimum atomic E-state index is -3.94. The normalized spacial score (nSPS) is 17.0. The molecule has 1 aromatic heterocycles. The lowest BCUT2D eigenvalue weighted by atomic mass is 10.2. The SMILES string of the molecule is Cc1cccc2sc(N(CCCN(C)C)C(=O)C3CCCN3S(=O)(=O)c3ccc(F)cc3)nc12. The first kappa shape index (κ1) is 24.7. The van der Waals surface area contributed by atoms with E-state index in [1.165, 1.54) is 27.8 Å². The topological polar surface area (TPSA) is 73.8 Å². The van der Waals surface area contributed by atoms with Crippen molar-refractivity contribution in [3.05, 3.63) is 53.8 Å². The van der Waals surface area contributed by atoms with Gasteiger partial charge in [-0.05, 0) is 82.7 Å². The molecule has 0 aliphatic carbocycles. The first-order valence-electron chi connectivity index (χ1n) is 11.3. The summed E-state index contributed by atoms with van der Waals surface area (Å²) in [5.41, 5.74) is 1.89. The molecule has 2 aromatic carbocycles. The zero-order valence-electron chi connectivity index (χ0n) is 19.6. The zero-order chi connectivity index (χ0) is 24.5. The van der Waals surface area contributed by atoms with Crippen LogP contribution in [0.5, 0.6) is 0 Å². The van der Waals surface area contributed by atoms with Crippen LogP contribution < -0.4 is 4.90 Å². The first-order chi connectivity index (χ1) is 16.2. The van der Waals surface area contributed by atoms with Crippen LogP contribution in [0, 0.1) is 12.7 Å². The van der Waals surface area contributed by atoms with Crippen LogP contribution in [0.4, 0.5) is 9.52 Å². The number of thiazole rings is 1. The van der Waals surface area contributed by atoms with Crippen LogP contribution >= 0.6 is 11.3 Å². The Morgan fingerprint density at radius 2 is 1.91 bits per heavy atom. The average Bonchev–Trinajstić information content (AvgIpc) is 3.45. The van der Waals surface area contributed by atoms with Crippen molar-refractivity contribution >= 4 is 42.6 Å². The number of hydrogen-bond acceptors (Lipinski definition) is 6. The number of rotatable bonds is 8. The van der Waals surface area contributed by atoms with Crippen LogP contribution in [0.1, 0.15) is 24.8 Å². The highest BCUT2D eigenvalue weighted by molar-refractivity contribution is 7.89. The maximum absolute atomic E-state index is 13.8. The fourth-order valence-electron chi connectivity index (χ4n) is 4.23. The molecule has 1 saturated heterocycles. The largest absolute Gasteiger partial charge is 0.309 e. The molecule has 2 heterocycles. The van der Waals surface area contributed by atoms with Crippen LogP contribution in [0.3, 0.4) is 0 Å². The van der Waals surface area contributed by atoms with E-state index in [4.69, 9.17) is 4.98 Å². The number of aryl methyl sites for hydroxylation is 1. The molecule has 182 valence electrons. The second-order valence-electron chi connectivity index (χ2n) is 8.79. The van der Waals surface area contributed by atoms with E-state index in [0.717, 1.165) is 40.9 Å². The van der Waals surface area contributed by atoms with Gasteiger partial charge in [-0.3, -0.25) is 9.69 Å². The molecule has 0 N–H and O–H groups in total. The molecule has 3 aromatic rings. The molecule has 1 aliphatic heterocycles. The Hall–Kier alpha value is -2.40.